The van der Waals surface area contributed by atoms with Gasteiger partial charge in [0.05, 0.1) is 18.1 Å². The van der Waals surface area contributed by atoms with Crippen LogP contribution in [-0.2, 0) is 16.2 Å². The van der Waals surface area contributed by atoms with Gasteiger partial charge < -0.3 is 4.74 Å². The topological polar surface area (TPSA) is 59.0 Å². The highest BCUT2D eigenvalue weighted by Gasteiger charge is 2.59. The fourth-order valence-corrected chi connectivity index (χ4v) is 4.58. The Kier molecular flexibility index (Phi) is 4.27. The SMILES string of the molecule is O=C1[C@@H]2[C@H](C(=O)N1N=Cc1ccccc1OCc1ccc(F)cc1)[C@H]1C=C[C@H]2C1. The molecule has 0 aromatic heterocycles. The smallest absolute Gasteiger partial charge is 0.254 e. The molecule has 0 spiro atoms. The molecule has 5 nitrogen and oxygen atoms in total. The summed E-state index contributed by atoms with van der Waals surface area (Å²) in [5.74, 6) is -0.355. The maximum atomic E-state index is 13.0. The van der Waals surface area contributed by atoms with Crippen molar-refractivity contribution in [3.63, 3.8) is 0 Å². The molecule has 2 amide bonds. The van der Waals surface area contributed by atoms with Crippen molar-refractivity contribution in [2.45, 2.75) is 13.0 Å². The number of nitrogens with zero attached hydrogens (tertiary/aromatic N) is 2. The van der Waals surface area contributed by atoms with E-state index in [0.717, 1.165) is 17.0 Å². The molecule has 0 N–H and O–H groups in total. The van der Waals surface area contributed by atoms with Gasteiger partial charge in [0, 0.05) is 5.56 Å². The zero-order valence-corrected chi connectivity index (χ0v) is 15.6. The summed E-state index contributed by atoms with van der Waals surface area (Å²) in [5, 5.41) is 5.24. The molecule has 1 saturated heterocycles. The van der Waals surface area contributed by atoms with Crippen LogP contribution in [0.2, 0.25) is 0 Å². The van der Waals surface area contributed by atoms with E-state index in [0.29, 0.717) is 11.3 Å². The van der Waals surface area contributed by atoms with Crippen molar-refractivity contribution >= 4 is 18.0 Å². The summed E-state index contributed by atoms with van der Waals surface area (Å²) in [4.78, 5) is 25.5. The molecule has 0 radical (unpaired) electrons. The zero-order chi connectivity index (χ0) is 20.0. The number of imide groups is 1. The van der Waals surface area contributed by atoms with Crippen LogP contribution in [0.3, 0.4) is 0 Å². The molecule has 146 valence electrons. The molecule has 2 bridgehead atoms. The molecule has 3 aliphatic rings. The van der Waals surface area contributed by atoms with Crippen molar-refractivity contribution in [1.82, 2.24) is 5.01 Å². The highest BCUT2D eigenvalue weighted by Crippen LogP contribution is 2.52. The van der Waals surface area contributed by atoms with E-state index < -0.39 is 0 Å². The number of amides is 2. The van der Waals surface area contributed by atoms with Crippen molar-refractivity contribution in [1.29, 1.82) is 0 Å². The monoisotopic (exact) mass is 390 g/mol. The van der Waals surface area contributed by atoms with E-state index in [1.807, 2.05) is 12.1 Å². The van der Waals surface area contributed by atoms with Crippen LogP contribution in [0.15, 0.2) is 65.8 Å². The molecule has 2 aliphatic carbocycles. The van der Waals surface area contributed by atoms with E-state index in [1.165, 1.54) is 18.3 Å². The van der Waals surface area contributed by atoms with Gasteiger partial charge in [0.1, 0.15) is 18.2 Å². The number of carbonyl (C=O) groups excluding carboxylic acids is 2. The number of hydrazone groups is 1. The maximum Gasteiger partial charge on any atom is 0.254 e. The number of allylic oxidation sites excluding steroid dienone is 2. The van der Waals surface area contributed by atoms with Crippen molar-refractivity contribution in [3.8, 4) is 5.75 Å². The zero-order valence-electron chi connectivity index (χ0n) is 15.6. The second kappa shape index (κ2) is 6.95. The normalized spacial score (nSPS) is 27.3. The first-order chi connectivity index (χ1) is 14.1. The first-order valence-electron chi connectivity index (χ1n) is 9.68. The number of para-hydroxylation sites is 1. The number of halogens is 1. The lowest BCUT2D eigenvalue weighted by Crippen LogP contribution is -2.28. The Hall–Kier alpha value is -3.28. The first kappa shape index (κ1) is 17.8. The van der Waals surface area contributed by atoms with Gasteiger partial charge >= 0.3 is 0 Å². The number of rotatable bonds is 5. The van der Waals surface area contributed by atoms with Crippen LogP contribution < -0.4 is 4.74 Å². The highest BCUT2D eigenvalue weighted by atomic mass is 19.1. The third kappa shape index (κ3) is 3.05. The van der Waals surface area contributed by atoms with Gasteiger partial charge in [-0.2, -0.15) is 10.1 Å². The number of carbonyl (C=O) groups is 2. The van der Waals surface area contributed by atoms with Gasteiger partial charge in [-0.3, -0.25) is 9.59 Å². The Morgan fingerprint density at radius 1 is 1.00 bits per heavy atom. The molecule has 4 atom stereocenters. The standard InChI is InChI=1S/C23H19FN2O3/c24-18-9-5-14(6-10-18)13-29-19-4-2-1-3-17(19)12-25-26-22(27)20-15-7-8-16(11-15)21(20)23(26)28/h1-10,12,15-16,20-21H,11,13H2/t15-,16-,20-,21+/m0/s1. The molecule has 5 rings (SSSR count). The van der Waals surface area contributed by atoms with Crippen molar-refractivity contribution in [3.05, 3.63) is 77.6 Å². The van der Waals surface area contributed by atoms with Crippen molar-refractivity contribution < 1.29 is 18.7 Å². The lowest BCUT2D eigenvalue weighted by Gasteiger charge is -2.13. The molecular formula is C23H19FN2O3. The van der Waals surface area contributed by atoms with Gasteiger partial charge in [0.15, 0.2) is 0 Å². The summed E-state index contributed by atoms with van der Waals surface area (Å²) in [6, 6.07) is 13.3. The predicted molar refractivity (Wildman–Crippen MR) is 104 cm³/mol. The van der Waals surface area contributed by atoms with E-state index in [1.54, 1.807) is 24.3 Å². The number of benzene rings is 2. The number of hydrogen-bond acceptors (Lipinski definition) is 4. The lowest BCUT2D eigenvalue weighted by molar-refractivity contribution is -0.140. The summed E-state index contributed by atoms with van der Waals surface area (Å²) < 4.78 is 18.9. The van der Waals surface area contributed by atoms with Gasteiger partial charge in [0.25, 0.3) is 11.8 Å². The Morgan fingerprint density at radius 2 is 1.66 bits per heavy atom. The van der Waals surface area contributed by atoms with E-state index in [2.05, 4.69) is 17.3 Å². The predicted octanol–water partition coefficient (Wildman–Crippen LogP) is 3.55. The fourth-order valence-electron chi connectivity index (χ4n) is 4.58. The Balaban J connectivity index is 1.32. The van der Waals surface area contributed by atoms with Gasteiger partial charge in [-0.25, -0.2) is 4.39 Å². The van der Waals surface area contributed by atoms with E-state index >= 15 is 0 Å². The van der Waals surface area contributed by atoms with E-state index in [4.69, 9.17) is 4.74 Å². The molecule has 2 aromatic rings. The van der Waals surface area contributed by atoms with Gasteiger partial charge in [-0.15, -0.1) is 0 Å². The minimum absolute atomic E-state index is 0.160. The van der Waals surface area contributed by atoms with Crippen molar-refractivity contribution in [2.75, 3.05) is 0 Å². The summed E-state index contributed by atoms with van der Waals surface area (Å²) in [6.45, 7) is 0.270. The lowest BCUT2D eigenvalue weighted by atomic mass is 9.85. The Morgan fingerprint density at radius 3 is 2.34 bits per heavy atom. The molecular weight excluding hydrogens is 371 g/mol. The second-order valence-corrected chi connectivity index (χ2v) is 7.69. The van der Waals surface area contributed by atoms with Crippen LogP contribution in [0.5, 0.6) is 5.75 Å². The number of fused-ring (bicyclic) bond motifs is 5. The van der Waals surface area contributed by atoms with Crippen LogP contribution in [0.25, 0.3) is 0 Å². The molecule has 1 saturated carbocycles. The van der Waals surface area contributed by atoms with Crippen LogP contribution in [0.1, 0.15) is 17.5 Å². The largest absolute Gasteiger partial charge is 0.488 e. The van der Waals surface area contributed by atoms with E-state index in [9.17, 15) is 14.0 Å². The average molecular weight is 390 g/mol. The summed E-state index contributed by atoms with van der Waals surface area (Å²) in [7, 11) is 0. The molecule has 29 heavy (non-hydrogen) atoms. The minimum Gasteiger partial charge on any atom is -0.488 e. The van der Waals surface area contributed by atoms with Crippen LogP contribution in [0, 0.1) is 29.5 Å². The quantitative estimate of drug-likeness (QED) is 0.446. The van der Waals surface area contributed by atoms with Crippen LogP contribution in [0.4, 0.5) is 4.39 Å². The van der Waals surface area contributed by atoms with Gasteiger partial charge in [-0.1, -0.05) is 36.4 Å². The maximum absolute atomic E-state index is 13.0. The molecule has 2 aromatic carbocycles. The molecule has 2 fully saturated rings. The fraction of sp³-hybridized carbons (Fsp3) is 0.261. The first-order valence-corrected chi connectivity index (χ1v) is 9.68. The Bertz CT molecular complexity index is 1000. The molecule has 1 aliphatic heterocycles. The number of ether oxygens (including phenoxy) is 1. The molecule has 1 heterocycles. The molecule has 6 heteroatoms. The van der Waals surface area contributed by atoms with Crippen LogP contribution in [-0.4, -0.2) is 23.0 Å². The number of hydrogen-bond donors (Lipinski definition) is 0. The summed E-state index contributed by atoms with van der Waals surface area (Å²) in [6.07, 6.45) is 6.50. The molecule has 0 unspecified atom stereocenters. The third-order valence-corrected chi connectivity index (χ3v) is 5.99. The second-order valence-electron chi connectivity index (χ2n) is 7.69. The van der Waals surface area contributed by atoms with Crippen molar-refractivity contribution in [2.24, 2.45) is 28.8 Å². The summed E-state index contributed by atoms with van der Waals surface area (Å²) >= 11 is 0. The van der Waals surface area contributed by atoms with E-state index in [-0.39, 0.29) is 47.9 Å². The van der Waals surface area contributed by atoms with Gasteiger partial charge in [0.2, 0.25) is 0 Å². The minimum atomic E-state index is -0.297. The average Bonchev–Trinajstić information content (AvgIpc) is 3.41. The Labute approximate surface area is 167 Å². The summed E-state index contributed by atoms with van der Waals surface area (Å²) in [5.41, 5.74) is 1.49. The van der Waals surface area contributed by atoms with Gasteiger partial charge in [-0.05, 0) is 48.1 Å². The van der Waals surface area contributed by atoms with Crippen LogP contribution >= 0.6 is 0 Å². The third-order valence-electron chi connectivity index (χ3n) is 5.99. The highest BCUT2D eigenvalue weighted by molar-refractivity contribution is 6.06.